The number of hydrogen-bond acceptors (Lipinski definition) is 13. The van der Waals surface area contributed by atoms with E-state index in [1.807, 2.05) is 0 Å². The number of ether oxygens (including phenoxy) is 6. The topological polar surface area (TPSA) is 167 Å². The number of rotatable bonds is 15. The fourth-order valence-electron chi connectivity index (χ4n) is 5.48. The van der Waals surface area contributed by atoms with Crippen molar-refractivity contribution in [3.05, 3.63) is 117 Å². The summed E-state index contributed by atoms with van der Waals surface area (Å²) >= 11 is 7.83. The second kappa shape index (κ2) is 17.2. The lowest BCUT2D eigenvalue weighted by Gasteiger charge is -2.25. The van der Waals surface area contributed by atoms with E-state index in [1.54, 1.807) is 76.2 Å². The lowest BCUT2D eigenvalue weighted by atomic mass is 9.95. The number of carbonyl (C=O) groups is 2. The van der Waals surface area contributed by atoms with Crippen LogP contribution in [0.2, 0.25) is 5.02 Å². The molecule has 1 aliphatic heterocycles. The molecular weight excluding hydrogens is 730 g/mol. The molecular formula is C37H36ClN3O11S. The average Bonchev–Trinajstić information content (AvgIpc) is 3.43. The zero-order chi connectivity index (χ0) is 38.2. The van der Waals surface area contributed by atoms with Gasteiger partial charge in [0.2, 0.25) is 0 Å². The molecule has 1 aromatic heterocycles. The minimum Gasteiger partial charge on any atom is -0.490 e. The smallest absolute Gasteiger partial charge is 0.343 e. The minimum absolute atomic E-state index is 0.0368. The summed E-state index contributed by atoms with van der Waals surface area (Å²) in [6.45, 7) is 7.35. The number of non-ortho nitro benzene ring substituents is 1. The Morgan fingerprint density at radius 1 is 0.962 bits per heavy atom. The van der Waals surface area contributed by atoms with Gasteiger partial charge >= 0.3 is 11.9 Å². The molecule has 0 saturated heterocycles. The summed E-state index contributed by atoms with van der Waals surface area (Å²) in [7, 11) is 1.25. The van der Waals surface area contributed by atoms with Crippen molar-refractivity contribution in [3.63, 3.8) is 0 Å². The largest absolute Gasteiger partial charge is 0.490 e. The first-order valence-electron chi connectivity index (χ1n) is 16.5. The highest BCUT2D eigenvalue weighted by atomic mass is 35.5. The Labute approximate surface area is 312 Å². The maximum Gasteiger partial charge on any atom is 0.343 e. The maximum atomic E-state index is 14.3. The van der Waals surface area contributed by atoms with Crippen LogP contribution in [0.3, 0.4) is 0 Å². The van der Waals surface area contributed by atoms with Gasteiger partial charge in [-0.3, -0.25) is 19.5 Å². The van der Waals surface area contributed by atoms with Crippen molar-refractivity contribution in [1.29, 1.82) is 0 Å². The van der Waals surface area contributed by atoms with Gasteiger partial charge in [-0.05, 0) is 86.9 Å². The number of thiazole rings is 1. The first-order chi connectivity index (χ1) is 25.5. The Kier molecular flexibility index (Phi) is 12.5. The first-order valence-corrected chi connectivity index (χ1v) is 17.7. The predicted molar refractivity (Wildman–Crippen MR) is 196 cm³/mol. The summed E-state index contributed by atoms with van der Waals surface area (Å²) in [5.74, 6) is -0.0429. The van der Waals surface area contributed by atoms with Crippen molar-refractivity contribution in [2.24, 2.45) is 4.99 Å². The molecule has 16 heteroatoms. The molecule has 0 amide bonds. The number of halogens is 1. The van der Waals surface area contributed by atoms with E-state index in [9.17, 15) is 24.5 Å². The third-order valence-corrected chi connectivity index (χ3v) is 9.10. The van der Waals surface area contributed by atoms with Gasteiger partial charge < -0.3 is 28.4 Å². The number of nitrogens with zero attached hydrogens (tertiary/aromatic N) is 3. The second-order valence-corrected chi connectivity index (χ2v) is 12.7. The van der Waals surface area contributed by atoms with Crippen LogP contribution in [0.5, 0.6) is 23.0 Å². The standard InChI is InChI=1S/C37H36ClN3O11S/c1-6-48-28-18-24(11-14-27(28)51-20-31(42)47-5)33-32(36(44)50-8-3)21(4)39-37-40(33)35(43)30(53-37)17-23-15-26(38)34(29(16-23)49-7-2)52-19-22-9-12-25(13-10-22)41(45)46/h9-18,33H,6-8,19-20H2,1-5H3/b30-17-/t33-/m1/s1. The van der Waals surface area contributed by atoms with Crippen LogP contribution in [0.15, 0.2) is 75.7 Å². The molecule has 53 heavy (non-hydrogen) atoms. The summed E-state index contributed by atoms with van der Waals surface area (Å²) in [6, 6.07) is 13.3. The maximum absolute atomic E-state index is 14.3. The molecule has 0 bridgehead atoms. The summed E-state index contributed by atoms with van der Waals surface area (Å²) < 4.78 is 35.1. The number of carbonyl (C=O) groups excluding carboxylic acids is 2. The van der Waals surface area contributed by atoms with Crippen LogP contribution >= 0.6 is 22.9 Å². The molecule has 0 saturated carbocycles. The molecule has 1 aliphatic rings. The third-order valence-electron chi connectivity index (χ3n) is 7.83. The number of hydrogen-bond donors (Lipinski definition) is 0. The Morgan fingerprint density at radius 3 is 2.34 bits per heavy atom. The number of methoxy groups -OCH3 is 1. The highest BCUT2D eigenvalue weighted by Crippen LogP contribution is 2.38. The molecule has 0 spiro atoms. The lowest BCUT2D eigenvalue weighted by Crippen LogP contribution is -2.40. The number of nitro benzene ring substituents is 1. The molecule has 3 aromatic carbocycles. The van der Waals surface area contributed by atoms with Gasteiger partial charge in [0.15, 0.2) is 34.4 Å². The number of nitro groups is 1. The van der Waals surface area contributed by atoms with Crippen LogP contribution in [0.4, 0.5) is 5.69 Å². The number of fused-ring (bicyclic) bond motifs is 1. The summed E-state index contributed by atoms with van der Waals surface area (Å²) in [4.78, 5) is 55.0. The average molecular weight is 766 g/mol. The predicted octanol–water partition coefficient (Wildman–Crippen LogP) is 5.29. The van der Waals surface area contributed by atoms with Crippen LogP contribution in [-0.4, -0.2) is 55.0 Å². The molecule has 0 radical (unpaired) electrons. The molecule has 4 aromatic rings. The van der Waals surface area contributed by atoms with E-state index in [0.717, 1.165) is 11.3 Å². The summed E-state index contributed by atoms with van der Waals surface area (Å²) in [5.41, 5.74) is 1.82. The van der Waals surface area contributed by atoms with Crippen molar-refractivity contribution < 1.29 is 42.9 Å². The molecule has 0 aliphatic carbocycles. The highest BCUT2D eigenvalue weighted by molar-refractivity contribution is 7.07. The monoisotopic (exact) mass is 765 g/mol. The zero-order valence-electron chi connectivity index (χ0n) is 29.5. The third kappa shape index (κ3) is 8.69. The number of benzene rings is 3. The van der Waals surface area contributed by atoms with E-state index in [2.05, 4.69) is 9.73 Å². The summed E-state index contributed by atoms with van der Waals surface area (Å²) in [5, 5.41) is 11.2. The van der Waals surface area contributed by atoms with Crippen LogP contribution in [0.1, 0.15) is 50.4 Å². The number of allylic oxidation sites excluding steroid dienone is 1. The van der Waals surface area contributed by atoms with E-state index < -0.39 is 28.5 Å². The minimum atomic E-state index is -0.945. The second-order valence-electron chi connectivity index (χ2n) is 11.3. The zero-order valence-corrected chi connectivity index (χ0v) is 31.1. The fourth-order valence-corrected chi connectivity index (χ4v) is 6.80. The van der Waals surface area contributed by atoms with Crippen LogP contribution in [-0.2, 0) is 25.7 Å². The molecule has 14 nitrogen and oxygen atoms in total. The van der Waals surface area contributed by atoms with Crippen molar-refractivity contribution in [1.82, 2.24) is 4.57 Å². The van der Waals surface area contributed by atoms with Gasteiger partial charge in [0.1, 0.15) is 6.61 Å². The van der Waals surface area contributed by atoms with Gasteiger partial charge in [-0.15, -0.1) is 0 Å². The molecule has 0 fully saturated rings. The SMILES string of the molecule is CCOC(=O)C1=C(C)N=c2s/c(=C\c3cc(Cl)c(OCc4ccc([N+](=O)[O-])cc4)c(OCC)c3)c(=O)n2[C@@H]1c1ccc(OCC(=O)OC)c(OCC)c1. The number of aromatic nitrogens is 1. The van der Waals surface area contributed by atoms with Crippen molar-refractivity contribution in [3.8, 4) is 23.0 Å². The highest BCUT2D eigenvalue weighted by Gasteiger charge is 2.34. The lowest BCUT2D eigenvalue weighted by molar-refractivity contribution is -0.384. The van der Waals surface area contributed by atoms with Gasteiger partial charge in [0, 0.05) is 12.1 Å². The van der Waals surface area contributed by atoms with Crippen molar-refractivity contribution >= 4 is 46.6 Å². The molecule has 5 rings (SSSR count). The quantitative estimate of drug-likeness (QED) is 0.0877. The molecule has 0 N–H and O–H groups in total. The Hall–Kier alpha value is -5.67. The summed E-state index contributed by atoms with van der Waals surface area (Å²) in [6.07, 6.45) is 1.65. The molecule has 2 heterocycles. The van der Waals surface area contributed by atoms with Crippen molar-refractivity contribution in [2.45, 2.75) is 40.3 Å². The van der Waals surface area contributed by atoms with E-state index in [0.29, 0.717) is 49.8 Å². The van der Waals surface area contributed by atoms with Gasteiger partial charge in [0.25, 0.3) is 11.2 Å². The Bertz CT molecular complexity index is 2250. The molecule has 278 valence electrons. The van der Waals surface area contributed by atoms with E-state index in [1.165, 1.54) is 23.8 Å². The molecule has 1 atom stereocenters. The van der Waals surface area contributed by atoms with Crippen LogP contribution in [0.25, 0.3) is 6.08 Å². The van der Waals surface area contributed by atoms with Gasteiger partial charge in [-0.25, -0.2) is 14.6 Å². The molecule has 0 unspecified atom stereocenters. The van der Waals surface area contributed by atoms with Crippen molar-refractivity contribution in [2.75, 3.05) is 33.5 Å². The van der Waals surface area contributed by atoms with Gasteiger partial charge in [0.05, 0.1) is 58.7 Å². The van der Waals surface area contributed by atoms with Gasteiger partial charge in [-0.1, -0.05) is 29.0 Å². The van der Waals surface area contributed by atoms with Crippen LogP contribution < -0.4 is 33.8 Å². The first kappa shape index (κ1) is 38.6. The fraction of sp³-hybridized carbons (Fsp3) is 0.297. The van der Waals surface area contributed by atoms with E-state index in [4.69, 9.17) is 35.3 Å². The Balaban J connectivity index is 1.57. The number of esters is 2. The Morgan fingerprint density at radius 2 is 1.68 bits per heavy atom. The normalized spacial score (nSPS) is 13.8. The van der Waals surface area contributed by atoms with Gasteiger partial charge in [-0.2, -0.15) is 0 Å². The van der Waals surface area contributed by atoms with E-state index >= 15 is 0 Å². The van der Waals surface area contributed by atoms with Crippen LogP contribution in [0, 0.1) is 10.1 Å². The van der Waals surface area contributed by atoms with E-state index in [-0.39, 0.29) is 54.2 Å².